The second-order valence-electron chi connectivity index (χ2n) is 5.64. The molecule has 2 aromatic heterocycles. The second-order valence-corrected chi connectivity index (χ2v) is 6.77. The lowest BCUT2D eigenvalue weighted by Crippen LogP contribution is -2.43. The molecule has 1 aliphatic heterocycles. The molecule has 0 bridgehead atoms. The Labute approximate surface area is 173 Å². The summed E-state index contributed by atoms with van der Waals surface area (Å²) in [5.41, 5.74) is 0.225. The maximum atomic E-state index is 12.4. The third-order valence-electron chi connectivity index (χ3n) is 3.72. The zero-order valence-corrected chi connectivity index (χ0v) is 16.4. The van der Waals surface area contributed by atoms with Crippen molar-refractivity contribution >= 4 is 58.5 Å². The highest BCUT2D eigenvalue weighted by Crippen LogP contribution is 2.20. The van der Waals surface area contributed by atoms with Crippen LogP contribution in [0.1, 0.15) is 17.5 Å². The predicted octanol–water partition coefficient (Wildman–Crippen LogP) is 1.63. The molecule has 0 saturated carbocycles. The monoisotopic (exact) mass is 438 g/mol. The van der Waals surface area contributed by atoms with Crippen LogP contribution in [0.15, 0.2) is 33.3 Å². The second kappa shape index (κ2) is 9.30. The van der Waals surface area contributed by atoms with Crippen LogP contribution in [0.2, 0.25) is 0 Å². The van der Waals surface area contributed by atoms with E-state index in [0.717, 1.165) is 21.2 Å². The van der Waals surface area contributed by atoms with Crippen LogP contribution in [0.3, 0.4) is 0 Å². The number of carbonyl (C=O) groups excluding carboxylic acids is 4. The van der Waals surface area contributed by atoms with Crippen molar-refractivity contribution in [1.29, 1.82) is 0 Å². The van der Waals surface area contributed by atoms with Gasteiger partial charge in [0.25, 0.3) is 0 Å². The molecule has 13 heteroatoms. The molecule has 2 aromatic rings. The highest BCUT2D eigenvalue weighted by atomic mass is 35.5. The fourth-order valence-electron chi connectivity index (χ4n) is 2.34. The molecule has 3 heterocycles. The van der Waals surface area contributed by atoms with Gasteiger partial charge in [-0.25, -0.2) is 24.5 Å². The Morgan fingerprint density at radius 1 is 1.45 bits per heavy atom. The van der Waals surface area contributed by atoms with Gasteiger partial charge in [-0.3, -0.25) is 4.79 Å². The average Bonchev–Trinajstić information content (AvgIpc) is 3.46. The van der Waals surface area contributed by atoms with Gasteiger partial charge in [0.05, 0.1) is 31.3 Å². The Kier molecular flexibility index (Phi) is 6.57. The Balaban J connectivity index is 1.60. The number of furan rings is 1. The number of nitrogens with one attached hydrogen (secondary N) is 2. The van der Waals surface area contributed by atoms with Gasteiger partial charge in [0.1, 0.15) is 24.0 Å². The molecule has 11 nitrogen and oxygen atoms in total. The van der Waals surface area contributed by atoms with Crippen LogP contribution < -0.4 is 10.6 Å². The molecule has 1 aliphatic rings. The summed E-state index contributed by atoms with van der Waals surface area (Å²) in [6.07, 6.45) is 3.31. The molecule has 2 N–H and O–H groups in total. The van der Waals surface area contributed by atoms with Crippen molar-refractivity contribution in [2.75, 3.05) is 24.3 Å². The highest BCUT2D eigenvalue weighted by molar-refractivity contribution is 7.14. The number of hydrogen-bond acceptors (Lipinski definition) is 8. The van der Waals surface area contributed by atoms with Crippen LogP contribution in [0.4, 0.5) is 14.7 Å². The van der Waals surface area contributed by atoms with E-state index < -0.39 is 24.0 Å². The molecule has 0 aromatic carbocycles. The first-order valence-corrected chi connectivity index (χ1v) is 9.66. The van der Waals surface area contributed by atoms with Gasteiger partial charge in [-0.1, -0.05) is 0 Å². The molecule has 5 amide bonds. The van der Waals surface area contributed by atoms with Gasteiger partial charge in [0, 0.05) is 5.38 Å². The molecule has 29 heavy (non-hydrogen) atoms. The van der Waals surface area contributed by atoms with Crippen LogP contribution in [-0.4, -0.2) is 64.3 Å². The van der Waals surface area contributed by atoms with Gasteiger partial charge >= 0.3 is 12.1 Å². The number of carbonyl (C=O) groups is 4. The van der Waals surface area contributed by atoms with Crippen molar-refractivity contribution < 1.29 is 23.6 Å². The van der Waals surface area contributed by atoms with Crippen LogP contribution >= 0.6 is 22.9 Å². The zero-order valence-electron chi connectivity index (χ0n) is 14.8. The molecule has 1 saturated heterocycles. The van der Waals surface area contributed by atoms with E-state index in [2.05, 4.69) is 20.7 Å². The molecule has 1 fully saturated rings. The minimum Gasteiger partial charge on any atom is -0.463 e. The molecular weight excluding hydrogens is 424 g/mol. The van der Waals surface area contributed by atoms with Gasteiger partial charge in [0.2, 0.25) is 5.91 Å². The summed E-state index contributed by atoms with van der Waals surface area (Å²) in [7, 11) is 0. The maximum Gasteiger partial charge on any atom is 0.348 e. The summed E-state index contributed by atoms with van der Waals surface area (Å²) < 4.78 is 5.09. The Morgan fingerprint density at radius 2 is 2.28 bits per heavy atom. The molecule has 0 radical (unpaired) electrons. The Bertz CT molecular complexity index is 930. The summed E-state index contributed by atoms with van der Waals surface area (Å²) in [6, 6.07) is 0.859. The van der Waals surface area contributed by atoms with Crippen LogP contribution in [0.25, 0.3) is 0 Å². The standard InChI is InChI=1S/C16H15ClN6O5S/c17-6-13(25)21-14-19-12(9-29-14)11(8-24)20-15(26)22-3-4-23(16(22)27)18-7-10-2-1-5-28-10/h1-2,5,7-9,11H,3-4,6H2,(H,20,26)(H,19,21,25). The third-order valence-corrected chi connectivity index (χ3v) is 4.74. The molecule has 1 unspecified atom stereocenters. The van der Waals surface area contributed by atoms with E-state index in [1.807, 2.05) is 0 Å². The number of nitrogens with zero attached hydrogens (tertiary/aromatic N) is 4. The summed E-state index contributed by atoms with van der Waals surface area (Å²) in [4.78, 5) is 52.5. The number of aromatic nitrogens is 1. The number of rotatable bonds is 7. The first-order chi connectivity index (χ1) is 14.0. The summed E-state index contributed by atoms with van der Waals surface area (Å²) >= 11 is 6.49. The number of hydrogen-bond donors (Lipinski definition) is 2. The van der Waals surface area contributed by atoms with E-state index in [-0.39, 0.29) is 29.8 Å². The lowest BCUT2D eigenvalue weighted by Gasteiger charge is -2.17. The van der Waals surface area contributed by atoms with E-state index in [4.69, 9.17) is 16.0 Å². The molecule has 3 rings (SSSR count). The highest BCUT2D eigenvalue weighted by Gasteiger charge is 2.34. The van der Waals surface area contributed by atoms with Gasteiger partial charge in [0.15, 0.2) is 5.13 Å². The van der Waals surface area contributed by atoms with E-state index in [0.29, 0.717) is 12.0 Å². The number of urea groups is 2. The fraction of sp³-hybridized carbons (Fsp3) is 0.250. The van der Waals surface area contributed by atoms with E-state index in [9.17, 15) is 19.2 Å². The summed E-state index contributed by atoms with van der Waals surface area (Å²) in [5, 5.41) is 11.7. The molecular formula is C16H15ClN6O5S. The SMILES string of the molecule is O=CC(NC(=O)N1CCN(N=Cc2ccco2)C1=O)c1csc(NC(=O)CCl)n1. The van der Waals surface area contributed by atoms with Crippen molar-refractivity contribution in [2.24, 2.45) is 5.10 Å². The Morgan fingerprint density at radius 3 is 2.97 bits per heavy atom. The first-order valence-electron chi connectivity index (χ1n) is 8.25. The van der Waals surface area contributed by atoms with Crippen molar-refractivity contribution in [1.82, 2.24) is 20.2 Å². The van der Waals surface area contributed by atoms with Gasteiger partial charge in [-0.05, 0) is 12.1 Å². The van der Waals surface area contributed by atoms with E-state index in [1.54, 1.807) is 12.1 Å². The predicted molar refractivity (Wildman–Crippen MR) is 104 cm³/mol. The lowest BCUT2D eigenvalue weighted by atomic mass is 10.2. The van der Waals surface area contributed by atoms with E-state index in [1.165, 1.54) is 17.9 Å². The minimum atomic E-state index is -1.09. The lowest BCUT2D eigenvalue weighted by molar-refractivity contribution is -0.114. The summed E-state index contributed by atoms with van der Waals surface area (Å²) in [5.74, 6) is -0.224. The van der Waals surface area contributed by atoms with E-state index >= 15 is 0 Å². The molecule has 0 aliphatic carbocycles. The van der Waals surface area contributed by atoms with Crippen molar-refractivity contribution in [2.45, 2.75) is 6.04 Å². The smallest absolute Gasteiger partial charge is 0.348 e. The zero-order chi connectivity index (χ0) is 20.8. The Hall–Kier alpha value is -3.25. The number of alkyl halides is 1. The molecule has 0 spiro atoms. The number of aldehydes is 1. The number of anilines is 1. The fourth-order valence-corrected chi connectivity index (χ4v) is 3.17. The number of imide groups is 1. The average molecular weight is 439 g/mol. The number of thiazole rings is 1. The largest absolute Gasteiger partial charge is 0.463 e. The normalized spacial score (nSPS) is 15.0. The molecule has 152 valence electrons. The quantitative estimate of drug-likeness (QED) is 0.383. The van der Waals surface area contributed by atoms with Gasteiger partial charge < -0.3 is 19.8 Å². The summed E-state index contributed by atoms with van der Waals surface area (Å²) in [6.45, 7) is 0.292. The first kappa shape index (κ1) is 20.5. The van der Waals surface area contributed by atoms with Crippen LogP contribution in [0, 0.1) is 0 Å². The van der Waals surface area contributed by atoms with Crippen molar-refractivity contribution in [3.05, 3.63) is 35.2 Å². The van der Waals surface area contributed by atoms with Crippen LogP contribution in [-0.2, 0) is 9.59 Å². The van der Waals surface area contributed by atoms with Crippen molar-refractivity contribution in [3.8, 4) is 0 Å². The number of halogens is 1. The topological polar surface area (TPSA) is 137 Å². The number of amides is 5. The third kappa shape index (κ3) is 4.97. The molecule has 1 atom stereocenters. The van der Waals surface area contributed by atoms with Crippen molar-refractivity contribution in [3.63, 3.8) is 0 Å². The maximum absolute atomic E-state index is 12.4. The van der Waals surface area contributed by atoms with Gasteiger partial charge in [-0.2, -0.15) is 5.10 Å². The van der Waals surface area contributed by atoms with Gasteiger partial charge in [-0.15, -0.1) is 22.9 Å². The number of hydrazone groups is 1. The van der Waals surface area contributed by atoms with Crippen LogP contribution in [0.5, 0.6) is 0 Å². The minimum absolute atomic E-state index is 0.0971.